The van der Waals surface area contributed by atoms with E-state index in [1.54, 1.807) is 18.2 Å². The molecule has 0 bridgehead atoms. The molecule has 1 aromatic rings. The predicted molar refractivity (Wildman–Crippen MR) is 90.1 cm³/mol. The number of carbonyl (C=O) groups is 3. The fourth-order valence-electron chi connectivity index (χ4n) is 1.92. The Balaban J connectivity index is 2.41. The maximum atomic E-state index is 11.8. The average molecular weight is 386 g/mol. The molecule has 8 heteroatoms. The smallest absolute Gasteiger partial charge is 0.317 e. The summed E-state index contributed by atoms with van der Waals surface area (Å²) in [6.07, 6.45) is 0.739. The van der Waals surface area contributed by atoms with Crippen molar-refractivity contribution < 1.29 is 19.5 Å². The molecule has 0 aromatic heterocycles. The summed E-state index contributed by atoms with van der Waals surface area (Å²) < 4.78 is 0.746. The van der Waals surface area contributed by atoms with Gasteiger partial charge >= 0.3 is 5.97 Å². The van der Waals surface area contributed by atoms with Crippen LogP contribution in [0.1, 0.15) is 13.3 Å². The van der Waals surface area contributed by atoms with Gasteiger partial charge in [-0.25, -0.2) is 0 Å². The van der Waals surface area contributed by atoms with Crippen molar-refractivity contribution in [2.24, 2.45) is 0 Å². The highest BCUT2D eigenvalue weighted by atomic mass is 79.9. The van der Waals surface area contributed by atoms with Gasteiger partial charge in [0.1, 0.15) is 0 Å². The number of benzene rings is 1. The minimum Gasteiger partial charge on any atom is -0.480 e. The van der Waals surface area contributed by atoms with Crippen molar-refractivity contribution >= 4 is 39.4 Å². The van der Waals surface area contributed by atoms with Crippen LogP contribution in [0.4, 0.5) is 5.69 Å². The van der Waals surface area contributed by atoms with Crippen LogP contribution in [0.25, 0.3) is 0 Å². The molecule has 23 heavy (non-hydrogen) atoms. The fourth-order valence-corrected chi connectivity index (χ4v) is 2.30. The zero-order chi connectivity index (χ0) is 17.2. The number of halogens is 1. The quantitative estimate of drug-likeness (QED) is 0.594. The molecule has 1 aromatic carbocycles. The van der Waals surface area contributed by atoms with Crippen molar-refractivity contribution in [1.29, 1.82) is 0 Å². The molecule has 126 valence electrons. The van der Waals surface area contributed by atoms with Crippen LogP contribution < -0.4 is 10.6 Å². The fraction of sp³-hybridized carbons (Fsp3) is 0.400. The zero-order valence-corrected chi connectivity index (χ0v) is 14.4. The van der Waals surface area contributed by atoms with Crippen LogP contribution >= 0.6 is 15.9 Å². The van der Waals surface area contributed by atoms with Crippen molar-refractivity contribution in [3.05, 3.63) is 28.7 Å². The van der Waals surface area contributed by atoms with Gasteiger partial charge in [0.05, 0.1) is 25.3 Å². The van der Waals surface area contributed by atoms with Crippen LogP contribution in [-0.2, 0) is 14.4 Å². The number of hydrogen-bond acceptors (Lipinski definition) is 4. The number of aliphatic carboxylic acids is 1. The molecule has 0 spiro atoms. The van der Waals surface area contributed by atoms with Crippen molar-refractivity contribution in [2.45, 2.75) is 13.3 Å². The lowest BCUT2D eigenvalue weighted by Gasteiger charge is -2.18. The first-order valence-corrected chi connectivity index (χ1v) is 7.97. The van der Waals surface area contributed by atoms with E-state index in [0.717, 1.165) is 10.9 Å². The molecule has 0 aliphatic carbocycles. The van der Waals surface area contributed by atoms with E-state index >= 15 is 0 Å². The maximum absolute atomic E-state index is 11.8. The van der Waals surface area contributed by atoms with Crippen LogP contribution in [-0.4, -0.2) is 54.0 Å². The molecule has 0 saturated carbocycles. The Kier molecular flexibility index (Phi) is 8.28. The third-order valence-corrected chi connectivity index (χ3v) is 3.55. The molecule has 0 aliphatic heterocycles. The lowest BCUT2D eigenvalue weighted by molar-refractivity contribution is -0.138. The molecule has 2 amide bonds. The number of rotatable bonds is 9. The number of hydrogen-bond donors (Lipinski definition) is 3. The molecule has 0 unspecified atom stereocenters. The molecule has 0 aliphatic rings. The third-order valence-electron chi connectivity index (χ3n) is 2.86. The van der Waals surface area contributed by atoms with Gasteiger partial charge in [-0.3, -0.25) is 19.3 Å². The Bertz CT molecular complexity index is 565. The van der Waals surface area contributed by atoms with Gasteiger partial charge in [-0.15, -0.1) is 0 Å². The van der Waals surface area contributed by atoms with Gasteiger partial charge in [0.25, 0.3) is 0 Å². The molecule has 0 heterocycles. The van der Waals surface area contributed by atoms with Gasteiger partial charge in [0, 0.05) is 4.47 Å². The summed E-state index contributed by atoms with van der Waals surface area (Å²) >= 11 is 3.31. The average Bonchev–Trinajstić information content (AvgIpc) is 2.47. The van der Waals surface area contributed by atoms with Gasteiger partial charge < -0.3 is 15.7 Å². The Hall–Kier alpha value is -1.93. The predicted octanol–water partition coefficient (Wildman–Crippen LogP) is 1.30. The van der Waals surface area contributed by atoms with Gasteiger partial charge in [-0.2, -0.15) is 0 Å². The van der Waals surface area contributed by atoms with E-state index in [2.05, 4.69) is 26.6 Å². The number of carbonyl (C=O) groups excluding carboxylic acids is 2. The maximum Gasteiger partial charge on any atom is 0.317 e. The number of amides is 2. The summed E-state index contributed by atoms with van der Waals surface area (Å²) in [7, 11) is 0. The van der Waals surface area contributed by atoms with Gasteiger partial charge in [-0.1, -0.05) is 19.1 Å². The molecule has 0 atom stereocenters. The zero-order valence-electron chi connectivity index (χ0n) is 12.8. The largest absolute Gasteiger partial charge is 0.480 e. The minimum absolute atomic E-state index is 0.0531. The van der Waals surface area contributed by atoms with Crippen LogP contribution in [0.15, 0.2) is 28.7 Å². The van der Waals surface area contributed by atoms with Gasteiger partial charge in [-0.05, 0) is 41.0 Å². The van der Waals surface area contributed by atoms with Crippen molar-refractivity contribution in [3.8, 4) is 0 Å². The monoisotopic (exact) mass is 385 g/mol. The second kappa shape index (κ2) is 9.96. The Morgan fingerprint density at radius 3 is 2.48 bits per heavy atom. The van der Waals surface area contributed by atoms with Crippen LogP contribution in [0, 0.1) is 0 Å². The van der Waals surface area contributed by atoms with E-state index in [1.807, 2.05) is 13.0 Å². The Morgan fingerprint density at radius 1 is 1.17 bits per heavy atom. The third kappa shape index (κ3) is 7.75. The highest BCUT2D eigenvalue weighted by Crippen LogP contribution is 2.20. The Labute approximate surface area is 143 Å². The molecular weight excluding hydrogens is 366 g/mol. The minimum atomic E-state index is -0.988. The van der Waals surface area contributed by atoms with Crippen LogP contribution in [0.2, 0.25) is 0 Å². The standard InChI is InChI=1S/C15H20BrN3O4/c1-2-7-19(10-15(22)23)9-14(21)17-8-13(20)18-12-6-4-3-5-11(12)16/h3-6H,2,7-10H2,1H3,(H,17,21)(H,18,20)(H,22,23). The van der Waals surface area contributed by atoms with Crippen LogP contribution in [0.3, 0.4) is 0 Å². The number of carboxylic acids is 1. The van der Waals surface area contributed by atoms with Gasteiger partial charge in [0.15, 0.2) is 0 Å². The SMILES string of the molecule is CCCN(CC(=O)O)CC(=O)NCC(=O)Nc1ccccc1Br. The van der Waals surface area contributed by atoms with Crippen molar-refractivity contribution in [3.63, 3.8) is 0 Å². The normalized spacial score (nSPS) is 10.4. The molecular formula is C15H20BrN3O4. The van der Waals surface area contributed by atoms with E-state index in [9.17, 15) is 14.4 Å². The molecule has 0 radical (unpaired) electrons. The van der Waals surface area contributed by atoms with Crippen LogP contribution in [0.5, 0.6) is 0 Å². The lowest BCUT2D eigenvalue weighted by Crippen LogP contribution is -2.42. The summed E-state index contributed by atoms with van der Waals surface area (Å²) in [5.74, 6) is -1.73. The highest BCUT2D eigenvalue weighted by molar-refractivity contribution is 9.10. The lowest BCUT2D eigenvalue weighted by atomic mass is 10.3. The molecule has 3 N–H and O–H groups in total. The summed E-state index contributed by atoms with van der Waals surface area (Å²) in [5.41, 5.74) is 0.616. The van der Waals surface area contributed by atoms with Crippen molar-refractivity contribution in [2.75, 3.05) is 31.5 Å². The number of nitrogens with one attached hydrogen (secondary N) is 2. The first-order chi connectivity index (χ1) is 10.9. The molecule has 0 saturated heterocycles. The Morgan fingerprint density at radius 2 is 1.87 bits per heavy atom. The second-order valence-corrected chi connectivity index (χ2v) is 5.76. The van der Waals surface area contributed by atoms with E-state index in [-0.39, 0.29) is 31.4 Å². The molecule has 7 nitrogen and oxygen atoms in total. The first kappa shape index (κ1) is 19.1. The summed E-state index contributed by atoms with van der Waals surface area (Å²) in [5, 5.41) is 13.9. The van der Waals surface area contributed by atoms with Crippen molar-refractivity contribution in [1.82, 2.24) is 10.2 Å². The van der Waals surface area contributed by atoms with Gasteiger partial charge in [0.2, 0.25) is 11.8 Å². The van der Waals surface area contributed by atoms with E-state index in [1.165, 1.54) is 4.90 Å². The summed E-state index contributed by atoms with van der Waals surface area (Å²) in [4.78, 5) is 35.8. The highest BCUT2D eigenvalue weighted by Gasteiger charge is 2.14. The topological polar surface area (TPSA) is 98.7 Å². The van der Waals surface area contributed by atoms with E-state index < -0.39 is 5.97 Å². The summed E-state index contributed by atoms with van der Waals surface area (Å²) in [6, 6.07) is 7.14. The summed E-state index contributed by atoms with van der Waals surface area (Å²) in [6.45, 7) is 1.97. The number of para-hydroxylation sites is 1. The number of carboxylic acid groups (broad SMARTS) is 1. The molecule has 0 fully saturated rings. The number of anilines is 1. The second-order valence-electron chi connectivity index (χ2n) is 4.91. The molecule has 1 rings (SSSR count). The first-order valence-electron chi connectivity index (χ1n) is 7.17. The van der Waals surface area contributed by atoms with E-state index in [0.29, 0.717) is 12.2 Å². The van der Waals surface area contributed by atoms with E-state index in [4.69, 9.17) is 5.11 Å². The number of nitrogens with zero attached hydrogens (tertiary/aromatic N) is 1.